The number of piperazine rings is 1. The number of benzene rings is 1. The summed E-state index contributed by atoms with van der Waals surface area (Å²) in [6, 6.07) is 6.22. The van der Waals surface area contributed by atoms with Crippen molar-refractivity contribution >= 4 is 0 Å². The number of hydrogen-bond donors (Lipinski definition) is 0. The first-order chi connectivity index (χ1) is 9.22. The highest BCUT2D eigenvalue weighted by atomic mass is 16.5. The first kappa shape index (κ1) is 14.2. The van der Waals surface area contributed by atoms with Crippen molar-refractivity contribution in [1.29, 1.82) is 0 Å². The summed E-state index contributed by atoms with van der Waals surface area (Å²) in [5, 5.41) is 0. The van der Waals surface area contributed by atoms with Gasteiger partial charge in [0.2, 0.25) is 0 Å². The molecule has 0 saturated carbocycles. The number of methoxy groups -OCH3 is 1. The monoisotopic (exact) mass is 264 g/mol. The summed E-state index contributed by atoms with van der Waals surface area (Å²) in [7, 11) is 3.86. The summed E-state index contributed by atoms with van der Waals surface area (Å²) in [4.78, 5) is 4.85. The summed E-state index contributed by atoms with van der Waals surface area (Å²) in [5.41, 5.74) is 1.29. The quantitative estimate of drug-likeness (QED) is 0.810. The van der Waals surface area contributed by atoms with Gasteiger partial charge in [-0.2, -0.15) is 0 Å². The maximum atomic E-state index is 5.62. The molecule has 1 aromatic carbocycles. The fourth-order valence-corrected chi connectivity index (χ4v) is 2.35. The van der Waals surface area contributed by atoms with Gasteiger partial charge in [-0.05, 0) is 31.7 Å². The number of hydrogen-bond acceptors (Lipinski definition) is 4. The molecule has 0 aliphatic carbocycles. The minimum Gasteiger partial charge on any atom is -0.493 e. The summed E-state index contributed by atoms with van der Waals surface area (Å²) in [6.45, 7) is 8.20. The Morgan fingerprint density at radius 3 is 2.47 bits per heavy atom. The van der Waals surface area contributed by atoms with Crippen LogP contribution in [0.15, 0.2) is 18.2 Å². The van der Waals surface area contributed by atoms with E-state index in [0.29, 0.717) is 6.61 Å². The van der Waals surface area contributed by atoms with E-state index >= 15 is 0 Å². The average Bonchev–Trinajstić information content (AvgIpc) is 2.42. The minimum absolute atomic E-state index is 0.661. The highest BCUT2D eigenvalue weighted by molar-refractivity contribution is 5.42. The topological polar surface area (TPSA) is 24.9 Å². The van der Waals surface area contributed by atoms with Gasteiger partial charge in [-0.3, -0.25) is 4.90 Å². The zero-order chi connectivity index (χ0) is 13.7. The molecule has 4 nitrogen and oxygen atoms in total. The Bertz CT molecular complexity index is 401. The van der Waals surface area contributed by atoms with Crippen molar-refractivity contribution in [3.05, 3.63) is 23.8 Å². The number of nitrogens with zero attached hydrogens (tertiary/aromatic N) is 2. The second-order valence-corrected chi connectivity index (χ2v) is 5.00. The summed E-state index contributed by atoms with van der Waals surface area (Å²) < 4.78 is 10.9. The van der Waals surface area contributed by atoms with Crippen LogP contribution in [0.2, 0.25) is 0 Å². The summed E-state index contributed by atoms with van der Waals surface area (Å²) in [6.07, 6.45) is 0. The molecular weight excluding hydrogens is 240 g/mol. The highest BCUT2D eigenvalue weighted by Crippen LogP contribution is 2.28. The molecule has 1 saturated heterocycles. The van der Waals surface area contributed by atoms with E-state index in [-0.39, 0.29) is 0 Å². The van der Waals surface area contributed by atoms with E-state index in [1.54, 1.807) is 7.11 Å². The molecule has 19 heavy (non-hydrogen) atoms. The lowest BCUT2D eigenvalue weighted by molar-refractivity contribution is 0.148. The van der Waals surface area contributed by atoms with Gasteiger partial charge in [0.15, 0.2) is 11.5 Å². The van der Waals surface area contributed by atoms with Crippen LogP contribution in [-0.2, 0) is 6.54 Å². The van der Waals surface area contributed by atoms with E-state index in [0.717, 1.165) is 44.2 Å². The van der Waals surface area contributed by atoms with Crippen LogP contribution < -0.4 is 9.47 Å². The SMILES string of the molecule is CCOc1cc(CN2CCN(C)CC2)ccc1OC. The van der Waals surface area contributed by atoms with Gasteiger partial charge >= 0.3 is 0 Å². The average molecular weight is 264 g/mol. The van der Waals surface area contributed by atoms with Crippen LogP contribution in [0, 0.1) is 0 Å². The minimum atomic E-state index is 0.661. The van der Waals surface area contributed by atoms with Gasteiger partial charge in [-0.1, -0.05) is 6.07 Å². The molecule has 4 heteroatoms. The van der Waals surface area contributed by atoms with Crippen molar-refractivity contribution in [3.63, 3.8) is 0 Å². The van der Waals surface area contributed by atoms with Gasteiger partial charge in [-0.25, -0.2) is 0 Å². The lowest BCUT2D eigenvalue weighted by atomic mass is 10.1. The summed E-state index contributed by atoms with van der Waals surface area (Å²) >= 11 is 0. The molecule has 1 fully saturated rings. The molecule has 0 amide bonds. The predicted molar refractivity (Wildman–Crippen MR) is 76.9 cm³/mol. The van der Waals surface area contributed by atoms with E-state index in [2.05, 4.69) is 29.0 Å². The maximum absolute atomic E-state index is 5.62. The fourth-order valence-electron chi connectivity index (χ4n) is 2.35. The molecule has 0 spiro atoms. The molecule has 1 heterocycles. The molecule has 1 aliphatic rings. The predicted octanol–water partition coefficient (Wildman–Crippen LogP) is 1.84. The Kier molecular flexibility index (Phi) is 5.05. The Labute approximate surface area is 115 Å². The zero-order valence-corrected chi connectivity index (χ0v) is 12.2. The maximum Gasteiger partial charge on any atom is 0.161 e. The van der Waals surface area contributed by atoms with Crippen molar-refractivity contribution in [3.8, 4) is 11.5 Å². The van der Waals surface area contributed by atoms with E-state index < -0.39 is 0 Å². The number of likely N-dealkylation sites (N-methyl/N-ethyl adjacent to an activating group) is 1. The molecular formula is C15H24N2O2. The molecule has 0 radical (unpaired) electrons. The van der Waals surface area contributed by atoms with Gasteiger partial charge in [0.1, 0.15) is 0 Å². The Morgan fingerprint density at radius 2 is 1.84 bits per heavy atom. The molecule has 106 valence electrons. The molecule has 2 rings (SSSR count). The van der Waals surface area contributed by atoms with Gasteiger partial charge in [0, 0.05) is 32.7 Å². The Morgan fingerprint density at radius 1 is 1.11 bits per heavy atom. The van der Waals surface area contributed by atoms with Crippen molar-refractivity contribution in [2.24, 2.45) is 0 Å². The molecule has 0 N–H and O–H groups in total. The summed E-state index contributed by atoms with van der Waals surface area (Å²) in [5.74, 6) is 1.65. The van der Waals surface area contributed by atoms with Gasteiger partial charge in [0.05, 0.1) is 13.7 Å². The van der Waals surface area contributed by atoms with Gasteiger partial charge in [0.25, 0.3) is 0 Å². The van der Waals surface area contributed by atoms with Crippen molar-refractivity contribution in [2.45, 2.75) is 13.5 Å². The third-order valence-electron chi connectivity index (χ3n) is 3.53. The van der Waals surface area contributed by atoms with E-state index in [1.165, 1.54) is 5.56 Å². The van der Waals surface area contributed by atoms with Crippen molar-refractivity contribution < 1.29 is 9.47 Å². The van der Waals surface area contributed by atoms with Crippen LogP contribution in [0.3, 0.4) is 0 Å². The number of ether oxygens (including phenoxy) is 2. The molecule has 0 unspecified atom stereocenters. The van der Waals surface area contributed by atoms with E-state index in [4.69, 9.17) is 9.47 Å². The fraction of sp³-hybridized carbons (Fsp3) is 0.600. The van der Waals surface area contributed by atoms with Gasteiger partial charge in [-0.15, -0.1) is 0 Å². The Balaban J connectivity index is 2.02. The molecule has 0 aromatic heterocycles. The van der Waals surface area contributed by atoms with Crippen LogP contribution in [0.5, 0.6) is 11.5 Å². The van der Waals surface area contributed by atoms with Crippen LogP contribution in [0.4, 0.5) is 0 Å². The lowest BCUT2D eigenvalue weighted by Crippen LogP contribution is -2.43. The van der Waals surface area contributed by atoms with Crippen LogP contribution >= 0.6 is 0 Å². The molecule has 0 atom stereocenters. The third kappa shape index (κ3) is 3.85. The van der Waals surface area contributed by atoms with Crippen LogP contribution in [0.25, 0.3) is 0 Å². The first-order valence-corrected chi connectivity index (χ1v) is 6.93. The standard InChI is InChI=1S/C15H24N2O2/c1-4-19-15-11-13(5-6-14(15)18-3)12-17-9-7-16(2)8-10-17/h5-6,11H,4,7-10,12H2,1-3H3. The Hall–Kier alpha value is -1.26. The largest absolute Gasteiger partial charge is 0.493 e. The smallest absolute Gasteiger partial charge is 0.161 e. The lowest BCUT2D eigenvalue weighted by Gasteiger charge is -2.32. The second-order valence-electron chi connectivity index (χ2n) is 5.00. The first-order valence-electron chi connectivity index (χ1n) is 6.93. The normalized spacial score (nSPS) is 17.4. The second kappa shape index (κ2) is 6.78. The van der Waals surface area contributed by atoms with E-state index in [1.807, 2.05) is 13.0 Å². The van der Waals surface area contributed by atoms with Crippen molar-refractivity contribution in [2.75, 3.05) is 46.9 Å². The molecule has 1 aromatic rings. The molecule has 0 bridgehead atoms. The number of rotatable bonds is 5. The van der Waals surface area contributed by atoms with Crippen LogP contribution in [-0.4, -0.2) is 56.7 Å². The van der Waals surface area contributed by atoms with Gasteiger partial charge < -0.3 is 14.4 Å². The third-order valence-corrected chi connectivity index (χ3v) is 3.53. The van der Waals surface area contributed by atoms with Crippen molar-refractivity contribution in [1.82, 2.24) is 9.80 Å². The van der Waals surface area contributed by atoms with E-state index in [9.17, 15) is 0 Å². The highest BCUT2D eigenvalue weighted by Gasteiger charge is 2.14. The van der Waals surface area contributed by atoms with Crippen LogP contribution in [0.1, 0.15) is 12.5 Å². The zero-order valence-electron chi connectivity index (χ0n) is 12.2. The molecule has 1 aliphatic heterocycles.